The predicted octanol–water partition coefficient (Wildman–Crippen LogP) is 3.63. The fourth-order valence-electron chi connectivity index (χ4n) is 2.41. The minimum absolute atomic E-state index is 0.473. The first-order valence-corrected chi connectivity index (χ1v) is 6.29. The van der Waals surface area contributed by atoms with E-state index < -0.39 is 11.6 Å². The van der Waals surface area contributed by atoms with E-state index in [0.717, 1.165) is 12.6 Å². The molecule has 0 amide bonds. The molecule has 3 heteroatoms. The summed E-state index contributed by atoms with van der Waals surface area (Å²) in [5, 5.41) is 3.31. The molecule has 1 aliphatic rings. The summed E-state index contributed by atoms with van der Waals surface area (Å²) >= 11 is 0. The van der Waals surface area contributed by atoms with Crippen LogP contribution in [0.3, 0.4) is 0 Å². The van der Waals surface area contributed by atoms with Gasteiger partial charge < -0.3 is 5.32 Å². The van der Waals surface area contributed by atoms with Crippen LogP contribution in [0.25, 0.3) is 0 Å². The highest BCUT2D eigenvalue weighted by Crippen LogP contribution is 2.48. The van der Waals surface area contributed by atoms with Gasteiger partial charge in [-0.15, -0.1) is 0 Å². The van der Waals surface area contributed by atoms with Crippen LogP contribution in [0, 0.1) is 17.0 Å². The second kappa shape index (κ2) is 5.13. The molecule has 0 aromatic heterocycles. The molecule has 1 fully saturated rings. The zero-order valence-corrected chi connectivity index (χ0v) is 10.2. The van der Waals surface area contributed by atoms with Gasteiger partial charge in [0.2, 0.25) is 0 Å². The Bertz CT molecular complexity index is 366. The summed E-state index contributed by atoms with van der Waals surface area (Å²) < 4.78 is 25.9. The number of nitrogens with one attached hydrogen (secondary N) is 1. The largest absolute Gasteiger partial charge is 0.312 e. The molecule has 1 N–H and O–H groups in total. The third-order valence-electron chi connectivity index (χ3n) is 3.49. The lowest BCUT2D eigenvalue weighted by Crippen LogP contribution is -2.23. The van der Waals surface area contributed by atoms with E-state index in [1.54, 1.807) is 0 Å². The van der Waals surface area contributed by atoms with Gasteiger partial charge in [0.15, 0.2) is 0 Å². The smallest absolute Gasteiger partial charge is 0.126 e. The van der Waals surface area contributed by atoms with Gasteiger partial charge in [0.25, 0.3) is 0 Å². The van der Waals surface area contributed by atoms with Crippen molar-refractivity contribution in [1.29, 1.82) is 0 Å². The monoisotopic (exact) mass is 239 g/mol. The molecule has 1 aromatic carbocycles. The van der Waals surface area contributed by atoms with Crippen LogP contribution in [0.5, 0.6) is 0 Å². The predicted molar refractivity (Wildman–Crippen MR) is 64.6 cm³/mol. The van der Waals surface area contributed by atoms with Gasteiger partial charge in [-0.05, 0) is 42.4 Å². The number of hydrogen-bond acceptors (Lipinski definition) is 1. The van der Waals surface area contributed by atoms with Crippen LogP contribution in [-0.2, 0) is 6.54 Å². The number of hydrogen-bond donors (Lipinski definition) is 1. The maximum Gasteiger partial charge on any atom is 0.126 e. The Morgan fingerprint density at radius 3 is 2.35 bits per heavy atom. The Labute approximate surface area is 101 Å². The Morgan fingerprint density at radius 2 is 1.82 bits per heavy atom. The van der Waals surface area contributed by atoms with Crippen molar-refractivity contribution < 1.29 is 8.78 Å². The quantitative estimate of drug-likeness (QED) is 0.799. The lowest BCUT2D eigenvalue weighted by Gasteiger charge is -2.14. The summed E-state index contributed by atoms with van der Waals surface area (Å²) in [4.78, 5) is 0. The Hall–Kier alpha value is -0.960. The van der Waals surface area contributed by atoms with Crippen LogP contribution in [0.2, 0.25) is 0 Å². The molecule has 17 heavy (non-hydrogen) atoms. The Morgan fingerprint density at radius 1 is 1.18 bits per heavy atom. The summed E-state index contributed by atoms with van der Waals surface area (Å²) in [6.45, 7) is 3.70. The van der Waals surface area contributed by atoms with E-state index in [4.69, 9.17) is 0 Å². The van der Waals surface area contributed by atoms with E-state index in [-0.39, 0.29) is 0 Å². The average Bonchev–Trinajstić information content (AvgIpc) is 2.97. The molecule has 1 saturated carbocycles. The summed E-state index contributed by atoms with van der Waals surface area (Å²) in [7, 11) is 0. The molecular formula is C14H19F2N. The highest BCUT2D eigenvalue weighted by molar-refractivity contribution is 5.17. The van der Waals surface area contributed by atoms with E-state index >= 15 is 0 Å². The molecule has 0 radical (unpaired) electrons. The Kier molecular flexibility index (Phi) is 3.77. The van der Waals surface area contributed by atoms with Crippen molar-refractivity contribution in [3.63, 3.8) is 0 Å². The maximum absolute atomic E-state index is 13.0. The first-order chi connectivity index (χ1) is 8.13. The number of rotatable bonds is 6. The summed E-state index contributed by atoms with van der Waals surface area (Å²) in [6, 6.07) is 3.67. The summed E-state index contributed by atoms with van der Waals surface area (Å²) in [5.74, 6) is -1.01. The van der Waals surface area contributed by atoms with Gasteiger partial charge in [-0.25, -0.2) is 8.78 Å². The highest BCUT2D eigenvalue weighted by atomic mass is 19.1. The third-order valence-corrected chi connectivity index (χ3v) is 3.49. The molecule has 0 spiro atoms. The first-order valence-electron chi connectivity index (χ1n) is 6.29. The fraction of sp³-hybridized carbons (Fsp3) is 0.571. The van der Waals surface area contributed by atoms with Gasteiger partial charge in [-0.1, -0.05) is 13.3 Å². The van der Waals surface area contributed by atoms with Crippen molar-refractivity contribution in [2.75, 3.05) is 6.54 Å². The van der Waals surface area contributed by atoms with E-state index in [2.05, 4.69) is 12.2 Å². The fourth-order valence-corrected chi connectivity index (χ4v) is 2.41. The van der Waals surface area contributed by atoms with Gasteiger partial charge in [0.1, 0.15) is 11.6 Å². The second-order valence-electron chi connectivity index (χ2n) is 5.13. The molecule has 0 bridgehead atoms. The van der Waals surface area contributed by atoms with E-state index in [1.807, 2.05) is 0 Å². The van der Waals surface area contributed by atoms with Crippen molar-refractivity contribution in [3.05, 3.63) is 35.4 Å². The van der Waals surface area contributed by atoms with Crippen LogP contribution < -0.4 is 5.32 Å². The zero-order valence-electron chi connectivity index (χ0n) is 10.2. The molecule has 0 aliphatic heterocycles. The molecule has 0 unspecified atom stereocenters. The first kappa shape index (κ1) is 12.5. The number of benzene rings is 1. The minimum Gasteiger partial charge on any atom is -0.312 e. The molecule has 94 valence electrons. The minimum atomic E-state index is -0.503. The van der Waals surface area contributed by atoms with Crippen LogP contribution in [0.4, 0.5) is 8.78 Å². The van der Waals surface area contributed by atoms with Crippen molar-refractivity contribution in [1.82, 2.24) is 5.32 Å². The van der Waals surface area contributed by atoms with Crippen molar-refractivity contribution in [2.45, 2.75) is 39.2 Å². The summed E-state index contributed by atoms with van der Waals surface area (Å²) in [5.41, 5.74) is 1.15. The van der Waals surface area contributed by atoms with E-state index in [0.29, 0.717) is 17.5 Å². The van der Waals surface area contributed by atoms with Crippen molar-refractivity contribution in [3.8, 4) is 0 Å². The van der Waals surface area contributed by atoms with Crippen LogP contribution in [-0.4, -0.2) is 6.54 Å². The van der Waals surface area contributed by atoms with E-state index in [1.165, 1.54) is 37.8 Å². The summed E-state index contributed by atoms with van der Waals surface area (Å²) in [6.07, 6.45) is 5.02. The Balaban J connectivity index is 1.82. The topological polar surface area (TPSA) is 12.0 Å². The molecule has 0 atom stereocenters. The molecular weight excluding hydrogens is 220 g/mol. The van der Waals surface area contributed by atoms with Crippen LogP contribution in [0.15, 0.2) is 18.2 Å². The molecule has 1 aliphatic carbocycles. The van der Waals surface area contributed by atoms with Gasteiger partial charge in [0, 0.05) is 19.2 Å². The van der Waals surface area contributed by atoms with Gasteiger partial charge in [-0.2, -0.15) is 0 Å². The SMILES string of the molecule is CCCC1(CNCc2cc(F)cc(F)c2)CC1. The maximum atomic E-state index is 13.0. The standard InChI is InChI=1S/C14H19F2N/c1-2-3-14(4-5-14)10-17-9-11-6-12(15)8-13(16)7-11/h6-8,17H,2-5,9-10H2,1H3. The molecule has 2 rings (SSSR count). The van der Waals surface area contributed by atoms with Gasteiger partial charge in [-0.3, -0.25) is 0 Å². The second-order valence-corrected chi connectivity index (χ2v) is 5.13. The third kappa shape index (κ3) is 3.50. The lowest BCUT2D eigenvalue weighted by molar-refractivity contribution is 0.420. The number of halogens is 2. The normalized spacial score (nSPS) is 17.1. The zero-order chi connectivity index (χ0) is 12.3. The van der Waals surface area contributed by atoms with Gasteiger partial charge >= 0.3 is 0 Å². The van der Waals surface area contributed by atoms with Crippen molar-refractivity contribution in [2.24, 2.45) is 5.41 Å². The van der Waals surface area contributed by atoms with Crippen LogP contribution >= 0.6 is 0 Å². The highest BCUT2D eigenvalue weighted by Gasteiger charge is 2.40. The molecule has 0 saturated heterocycles. The lowest BCUT2D eigenvalue weighted by atomic mass is 10.0. The average molecular weight is 239 g/mol. The molecule has 1 nitrogen and oxygen atoms in total. The molecule has 1 aromatic rings. The van der Waals surface area contributed by atoms with E-state index in [9.17, 15) is 8.78 Å². The molecule has 0 heterocycles. The van der Waals surface area contributed by atoms with Gasteiger partial charge in [0.05, 0.1) is 0 Å². The van der Waals surface area contributed by atoms with Crippen molar-refractivity contribution >= 4 is 0 Å². The van der Waals surface area contributed by atoms with Crippen LogP contribution in [0.1, 0.15) is 38.2 Å².